The fraction of sp³-hybridized carbons (Fsp3) is 0.714. The van der Waals surface area contributed by atoms with Gasteiger partial charge in [-0.3, -0.25) is 9.59 Å². The topological polar surface area (TPSA) is 58.2 Å². The number of carbonyl (C=O) groups is 2. The van der Waals surface area contributed by atoms with Crippen LogP contribution in [-0.2, 0) is 9.59 Å². The first-order valence-electron chi connectivity index (χ1n) is 7.66. The maximum Gasteiger partial charge on any atom is 0.243 e. The molecule has 1 heterocycles. The fourth-order valence-electron chi connectivity index (χ4n) is 0.554. The second-order valence-corrected chi connectivity index (χ2v) is 1.78. The normalized spacial score (nSPS) is 52.7. The van der Waals surface area contributed by atoms with Crippen LogP contribution < -0.4 is 10.6 Å². The van der Waals surface area contributed by atoms with Gasteiger partial charge in [-0.05, 0) is 5.89 Å². The van der Waals surface area contributed by atoms with E-state index in [4.69, 9.17) is 13.7 Å². The lowest BCUT2D eigenvalue weighted by atomic mass is 10.0. The third-order valence-electron chi connectivity index (χ3n) is 1.01. The third kappa shape index (κ3) is 1.69. The molecule has 1 fully saturated rings. The van der Waals surface area contributed by atoms with Crippen LogP contribution in [0.5, 0.6) is 0 Å². The molecule has 0 radical (unpaired) electrons. The molecule has 2 N–H and O–H groups in total. The highest BCUT2D eigenvalue weighted by molar-refractivity contribution is 5.94. The van der Waals surface area contributed by atoms with E-state index in [1.54, 1.807) is 0 Å². The lowest BCUT2D eigenvalue weighted by molar-refractivity contribution is -0.134. The van der Waals surface area contributed by atoms with E-state index in [9.17, 15) is 9.59 Å². The summed E-state index contributed by atoms with van der Waals surface area (Å²) in [5.74, 6) is -7.03. The van der Waals surface area contributed by atoms with Gasteiger partial charge in [-0.1, -0.05) is 13.7 Å². The highest BCUT2D eigenvalue weighted by Gasteiger charge is 2.27. The monoisotopic (exact) mass is 166 g/mol. The fourth-order valence-corrected chi connectivity index (χ4v) is 0.554. The summed E-state index contributed by atoms with van der Waals surface area (Å²) in [7, 11) is 0. The van der Waals surface area contributed by atoms with Gasteiger partial charge in [0, 0.05) is 9.60 Å². The zero-order chi connectivity index (χ0) is 17.1. The molecule has 1 saturated heterocycles. The first-order valence-corrected chi connectivity index (χ1v) is 2.66. The minimum absolute atomic E-state index is 1.42. The molecular weight excluding hydrogens is 144 g/mol. The molecule has 0 aliphatic carbocycles. The number of hydrogen-bond acceptors (Lipinski definition) is 2. The largest absolute Gasteiger partial charge is 0.345 e. The number of nitrogens with one attached hydrogen (secondary N) is 2. The molecule has 0 aromatic heterocycles. The van der Waals surface area contributed by atoms with Crippen molar-refractivity contribution in [2.75, 3.05) is 6.50 Å². The van der Waals surface area contributed by atoms with E-state index in [2.05, 4.69) is 0 Å². The van der Waals surface area contributed by atoms with Gasteiger partial charge in [0.25, 0.3) is 0 Å². The average Bonchev–Trinajstić information content (AvgIpc) is 2.21. The van der Waals surface area contributed by atoms with E-state index in [0.29, 0.717) is 0 Å². The molecule has 1 aliphatic rings. The van der Waals surface area contributed by atoms with Gasteiger partial charge in [0.05, 0.1) is 10.6 Å². The number of carbonyl (C=O) groups excluding carboxylic acids is 2. The Morgan fingerprint density at radius 3 is 3.27 bits per heavy atom. The van der Waals surface area contributed by atoms with Gasteiger partial charge in [-0.2, -0.15) is 0 Å². The van der Waals surface area contributed by atoms with E-state index in [0.717, 1.165) is 0 Å². The highest BCUT2D eigenvalue weighted by atomic mass is 16.2. The minimum atomic E-state index is -3.69. The Hall–Kier alpha value is -1.06. The van der Waals surface area contributed by atoms with Crippen LogP contribution in [0.1, 0.15) is 27.4 Å². The van der Waals surface area contributed by atoms with Crippen LogP contribution in [0.3, 0.4) is 0 Å². The van der Waals surface area contributed by atoms with Crippen molar-refractivity contribution in [3.63, 3.8) is 0 Å². The van der Waals surface area contributed by atoms with Gasteiger partial charge < -0.3 is 10.6 Å². The Morgan fingerprint density at radius 1 is 1.91 bits per heavy atom. The summed E-state index contributed by atoms with van der Waals surface area (Å²) in [4.78, 5) is 23.3. The molecule has 62 valence electrons. The van der Waals surface area contributed by atoms with Crippen LogP contribution in [0, 0.1) is 5.89 Å². The second kappa shape index (κ2) is 2.90. The molecule has 4 heteroatoms. The Labute approximate surface area is 79.4 Å². The molecule has 1 atom stereocenters. The van der Waals surface area contributed by atoms with Crippen molar-refractivity contribution in [1.29, 1.82) is 0 Å². The molecule has 0 spiro atoms. The van der Waals surface area contributed by atoms with Gasteiger partial charge in [0.1, 0.15) is 6.02 Å². The van der Waals surface area contributed by atoms with Crippen molar-refractivity contribution < 1.29 is 23.3 Å². The lowest BCUT2D eigenvalue weighted by Crippen LogP contribution is -2.58. The number of piperazine rings is 1. The summed E-state index contributed by atoms with van der Waals surface area (Å²) in [6.07, 6.45) is 0. The molecule has 0 aromatic carbocycles. The molecule has 0 saturated carbocycles. The number of rotatable bonds is 1. The summed E-state index contributed by atoms with van der Waals surface area (Å²) in [6, 6.07) is -3.41. The molecule has 4 nitrogen and oxygen atoms in total. The number of hydrogen-bond donors (Lipinski definition) is 2. The van der Waals surface area contributed by atoms with Crippen molar-refractivity contribution in [3.05, 3.63) is 0 Å². The van der Waals surface area contributed by atoms with Crippen LogP contribution in [0.25, 0.3) is 0 Å². The Kier molecular flexibility index (Phi) is 0.527. The average molecular weight is 166 g/mol. The third-order valence-corrected chi connectivity index (χ3v) is 1.01. The van der Waals surface area contributed by atoms with E-state index in [1.807, 2.05) is 0 Å². The maximum atomic E-state index is 11.8. The summed E-state index contributed by atoms with van der Waals surface area (Å²) < 4.78 is 73.0. The molecule has 0 unspecified atom stereocenters. The van der Waals surface area contributed by atoms with Gasteiger partial charge in [-0.25, -0.2) is 0 Å². The van der Waals surface area contributed by atoms with Crippen LogP contribution in [0.4, 0.5) is 0 Å². The van der Waals surface area contributed by atoms with E-state index in [-0.39, 0.29) is 0 Å². The summed E-state index contributed by atoms with van der Waals surface area (Å²) in [5, 5.41) is 2.84. The van der Waals surface area contributed by atoms with Crippen molar-refractivity contribution in [2.24, 2.45) is 5.89 Å². The van der Waals surface area contributed by atoms with E-state index < -0.39 is 43.9 Å². The van der Waals surface area contributed by atoms with Crippen molar-refractivity contribution in [3.8, 4) is 0 Å². The van der Waals surface area contributed by atoms with E-state index >= 15 is 0 Å². The van der Waals surface area contributed by atoms with Gasteiger partial charge in [0.2, 0.25) is 11.8 Å². The Morgan fingerprint density at radius 2 is 2.64 bits per heavy atom. The lowest BCUT2D eigenvalue weighted by Gasteiger charge is -2.25. The van der Waals surface area contributed by atoms with Gasteiger partial charge >= 0.3 is 0 Å². The molecule has 1 rings (SSSR count). The van der Waals surface area contributed by atoms with Crippen LogP contribution in [-0.4, -0.2) is 24.3 Å². The van der Waals surface area contributed by atoms with Gasteiger partial charge in [0.15, 0.2) is 0 Å². The predicted octanol–water partition coefficient (Wildman–Crippen LogP) is -0.743. The standard InChI is InChI=1S/C7H12N2O2/c1-4(2)6-7(11)8-3-5(10)9-6/h4,6H,3H2,1-2H3,(H,8,11)(H,9,10)/t6-/m1/s1/i1D3,2D3,3D2,4D,6D. The minimum Gasteiger partial charge on any atom is -0.345 e. The zero-order valence-corrected chi connectivity index (χ0v) is 5.32. The predicted molar refractivity (Wildman–Crippen MR) is 39.8 cm³/mol. The van der Waals surface area contributed by atoms with Gasteiger partial charge in [-0.15, -0.1) is 0 Å². The Balaban J connectivity index is 3.52. The molecule has 2 amide bonds. The van der Waals surface area contributed by atoms with Crippen LogP contribution >= 0.6 is 0 Å². The number of amides is 2. The summed E-state index contributed by atoms with van der Waals surface area (Å²) in [6.45, 7) is -10.2. The molecule has 0 aromatic rings. The maximum absolute atomic E-state index is 11.8. The van der Waals surface area contributed by atoms with Crippen LogP contribution in [0.2, 0.25) is 0 Å². The second-order valence-electron chi connectivity index (χ2n) is 1.78. The first-order chi connectivity index (χ1) is 9.01. The molecule has 11 heavy (non-hydrogen) atoms. The molecule has 0 bridgehead atoms. The van der Waals surface area contributed by atoms with Crippen molar-refractivity contribution in [2.45, 2.75) is 19.7 Å². The summed E-state index contributed by atoms with van der Waals surface area (Å²) >= 11 is 0. The molecule has 1 aliphatic heterocycles. The van der Waals surface area contributed by atoms with E-state index in [1.165, 1.54) is 10.6 Å². The first kappa shape index (κ1) is 2.00. The smallest absolute Gasteiger partial charge is 0.243 e. The Bertz CT molecular complexity index is 469. The quantitative estimate of drug-likeness (QED) is 0.539. The highest BCUT2D eigenvalue weighted by Crippen LogP contribution is 2.03. The molecular formula is C7H12N2O2. The SMILES string of the molecule is [2H]C1([2H])NC(=O)[C@@]([2H])(C([2H])(C([2H])([2H])[2H])C([2H])([2H])[2H])NC1=O. The van der Waals surface area contributed by atoms with Crippen molar-refractivity contribution in [1.82, 2.24) is 10.6 Å². The van der Waals surface area contributed by atoms with Crippen LogP contribution in [0.15, 0.2) is 0 Å². The summed E-state index contributed by atoms with van der Waals surface area (Å²) in [5.41, 5.74) is 0. The zero-order valence-electron chi connectivity index (χ0n) is 15.3. The van der Waals surface area contributed by atoms with Crippen molar-refractivity contribution >= 4 is 11.8 Å².